The summed E-state index contributed by atoms with van der Waals surface area (Å²) in [5, 5.41) is 11.2. The Bertz CT molecular complexity index is 675. The topological polar surface area (TPSA) is 83.0 Å². The van der Waals surface area contributed by atoms with Crippen LogP contribution in [0.25, 0.3) is 0 Å². The first kappa shape index (κ1) is 13.5. The highest BCUT2D eigenvalue weighted by molar-refractivity contribution is 6.00. The van der Waals surface area contributed by atoms with Crippen LogP contribution in [0.1, 0.15) is 47.1 Å². The van der Waals surface area contributed by atoms with Crippen molar-refractivity contribution in [3.05, 3.63) is 47.0 Å². The third-order valence-electron chi connectivity index (χ3n) is 3.69. The number of amides is 1. The van der Waals surface area contributed by atoms with Gasteiger partial charge in [-0.05, 0) is 44.7 Å². The fraction of sp³-hybridized carbons (Fsp3) is 0.333. The van der Waals surface area contributed by atoms with E-state index in [2.05, 4.69) is 25.7 Å². The molecule has 0 fully saturated rings. The van der Waals surface area contributed by atoms with Gasteiger partial charge in [-0.2, -0.15) is 10.2 Å². The monoisotopic (exact) mass is 283 g/mol. The van der Waals surface area contributed by atoms with Crippen molar-refractivity contribution in [3.63, 3.8) is 0 Å². The number of hydrazone groups is 1. The molecular weight excluding hydrogens is 266 g/mol. The molecule has 0 spiro atoms. The summed E-state index contributed by atoms with van der Waals surface area (Å²) in [5.74, 6) is -0.261. The van der Waals surface area contributed by atoms with E-state index in [-0.39, 0.29) is 5.91 Å². The Morgan fingerprint density at radius 3 is 2.86 bits per heavy atom. The maximum Gasteiger partial charge on any atom is 0.292 e. The van der Waals surface area contributed by atoms with Gasteiger partial charge in [-0.1, -0.05) is 0 Å². The van der Waals surface area contributed by atoms with Crippen molar-refractivity contribution in [2.24, 2.45) is 5.10 Å². The van der Waals surface area contributed by atoms with Crippen LogP contribution in [0.5, 0.6) is 0 Å². The van der Waals surface area contributed by atoms with Gasteiger partial charge in [0.1, 0.15) is 0 Å². The van der Waals surface area contributed by atoms with Crippen molar-refractivity contribution >= 4 is 11.6 Å². The summed E-state index contributed by atoms with van der Waals surface area (Å²) in [4.78, 5) is 16.2. The molecule has 1 aliphatic rings. The summed E-state index contributed by atoms with van der Waals surface area (Å²) < 4.78 is 0. The zero-order valence-electron chi connectivity index (χ0n) is 11.9. The largest absolute Gasteiger partial charge is 0.292 e. The smallest absolute Gasteiger partial charge is 0.281 e. The molecule has 21 heavy (non-hydrogen) atoms. The predicted octanol–water partition coefficient (Wildman–Crippen LogP) is 1.84. The van der Waals surface area contributed by atoms with Crippen LogP contribution in [0, 0.1) is 0 Å². The molecule has 3 rings (SSSR count). The minimum Gasteiger partial charge on any atom is -0.281 e. The first-order chi connectivity index (χ1) is 10.3. The van der Waals surface area contributed by atoms with E-state index < -0.39 is 0 Å². The summed E-state index contributed by atoms with van der Waals surface area (Å²) >= 11 is 0. The average molecular weight is 283 g/mol. The molecule has 2 N–H and O–H groups in total. The lowest BCUT2D eigenvalue weighted by Crippen LogP contribution is -2.21. The normalized spacial score (nSPS) is 14.6. The Hall–Kier alpha value is -2.50. The van der Waals surface area contributed by atoms with Gasteiger partial charge in [-0.15, -0.1) is 0 Å². The van der Waals surface area contributed by atoms with Crippen molar-refractivity contribution in [1.82, 2.24) is 20.6 Å². The SMILES string of the molecule is CC(=NNC(=O)c1n[nH]c2c1CCCC2)c1ccncc1. The van der Waals surface area contributed by atoms with E-state index in [0.717, 1.165) is 48.2 Å². The number of aromatic amines is 1. The molecule has 2 aromatic heterocycles. The number of aryl methyl sites for hydroxylation is 1. The minimum absolute atomic E-state index is 0.261. The van der Waals surface area contributed by atoms with Crippen LogP contribution in [0.15, 0.2) is 29.6 Å². The van der Waals surface area contributed by atoms with Gasteiger partial charge in [0.25, 0.3) is 5.91 Å². The van der Waals surface area contributed by atoms with Crippen molar-refractivity contribution in [2.75, 3.05) is 0 Å². The van der Waals surface area contributed by atoms with Crippen molar-refractivity contribution < 1.29 is 4.79 Å². The van der Waals surface area contributed by atoms with E-state index in [1.165, 1.54) is 0 Å². The molecule has 0 bridgehead atoms. The Balaban J connectivity index is 1.74. The standard InChI is InChI=1S/C15H17N5O/c1-10(11-6-8-16-9-7-11)17-20-15(21)14-12-4-2-3-5-13(12)18-19-14/h6-9H,2-5H2,1H3,(H,18,19)(H,20,21). The predicted molar refractivity (Wildman–Crippen MR) is 79.1 cm³/mol. The first-order valence-corrected chi connectivity index (χ1v) is 7.07. The van der Waals surface area contributed by atoms with Crippen LogP contribution in [0.3, 0.4) is 0 Å². The van der Waals surface area contributed by atoms with Crippen LogP contribution >= 0.6 is 0 Å². The molecule has 1 aliphatic carbocycles. The fourth-order valence-electron chi connectivity index (χ4n) is 2.51. The number of hydrogen-bond acceptors (Lipinski definition) is 4. The number of hydrogen-bond donors (Lipinski definition) is 2. The van der Waals surface area contributed by atoms with Gasteiger partial charge < -0.3 is 0 Å². The maximum absolute atomic E-state index is 12.2. The van der Waals surface area contributed by atoms with E-state index in [4.69, 9.17) is 0 Å². The summed E-state index contributed by atoms with van der Waals surface area (Å²) in [6.45, 7) is 1.84. The average Bonchev–Trinajstić information content (AvgIpc) is 2.97. The molecule has 0 radical (unpaired) electrons. The summed E-state index contributed by atoms with van der Waals surface area (Å²) in [7, 11) is 0. The van der Waals surface area contributed by atoms with Gasteiger partial charge in [0.2, 0.25) is 0 Å². The highest BCUT2D eigenvalue weighted by atomic mass is 16.2. The molecule has 6 heteroatoms. The molecule has 0 saturated heterocycles. The molecule has 1 amide bonds. The lowest BCUT2D eigenvalue weighted by molar-refractivity contribution is 0.0949. The summed E-state index contributed by atoms with van der Waals surface area (Å²) in [6.07, 6.45) is 7.51. The molecule has 6 nitrogen and oxygen atoms in total. The number of rotatable bonds is 3. The third-order valence-corrected chi connectivity index (χ3v) is 3.69. The quantitative estimate of drug-likeness (QED) is 0.666. The summed E-state index contributed by atoms with van der Waals surface area (Å²) in [6, 6.07) is 3.70. The Morgan fingerprint density at radius 1 is 1.29 bits per heavy atom. The minimum atomic E-state index is -0.261. The number of carbonyl (C=O) groups is 1. The molecule has 2 aromatic rings. The van der Waals surface area contributed by atoms with Gasteiger partial charge in [0, 0.05) is 29.2 Å². The van der Waals surface area contributed by atoms with E-state index in [9.17, 15) is 4.79 Å². The lowest BCUT2D eigenvalue weighted by Gasteiger charge is -2.10. The first-order valence-electron chi connectivity index (χ1n) is 7.07. The highest BCUT2D eigenvalue weighted by Gasteiger charge is 2.21. The number of carbonyl (C=O) groups excluding carboxylic acids is 1. The molecule has 0 saturated carbocycles. The number of nitrogens with one attached hydrogen (secondary N) is 2. The molecule has 0 unspecified atom stereocenters. The van der Waals surface area contributed by atoms with Crippen LogP contribution < -0.4 is 5.43 Å². The maximum atomic E-state index is 12.2. The van der Waals surface area contributed by atoms with Crippen LogP contribution in [0.4, 0.5) is 0 Å². The summed E-state index contributed by atoms with van der Waals surface area (Å²) in [5.41, 5.74) is 6.83. The molecule has 108 valence electrons. The third kappa shape index (κ3) is 2.84. The van der Waals surface area contributed by atoms with Gasteiger partial charge in [-0.3, -0.25) is 14.9 Å². The van der Waals surface area contributed by atoms with Crippen LogP contribution in [0.2, 0.25) is 0 Å². The Labute approximate surface area is 122 Å². The van der Waals surface area contributed by atoms with E-state index in [1.54, 1.807) is 12.4 Å². The lowest BCUT2D eigenvalue weighted by atomic mass is 9.96. The number of pyridine rings is 1. The number of aromatic nitrogens is 3. The molecule has 0 aromatic carbocycles. The van der Waals surface area contributed by atoms with Gasteiger partial charge >= 0.3 is 0 Å². The van der Waals surface area contributed by atoms with Crippen LogP contribution in [-0.4, -0.2) is 26.8 Å². The molecule has 0 aliphatic heterocycles. The zero-order chi connectivity index (χ0) is 14.7. The molecule has 0 atom stereocenters. The van der Waals surface area contributed by atoms with Gasteiger partial charge in [0.05, 0.1) is 5.71 Å². The molecular formula is C15H17N5O. The van der Waals surface area contributed by atoms with E-state index in [0.29, 0.717) is 5.69 Å². The van der Waals surface area contributed by atoms with Gasteiger partial charge in [0.15, 0.2) is 5.69 Å². The van der Waals surface area contributed by atoms with E-state index in [1.807, 2.05) is 19.1 Å². The second kappa shape index (κ2) is 5.87. The second-order valence-corrected chi connectivity index (χ2v) is 5.11. The van der Waals surface area contributed by atoms with Crippen molar-refractivity contribution in [3.8, 4) is 0 Å². The van der Waals surface area contributed by atoms with Gasteiger partial charge in [-0.25, -0.2) is 5.43 Å². The number of fused-ring (bicyclic) bond motifs is 1. The second-order valence-electron chi connectivity index (χ2n) is 5.11. The Kier molecular flexibility index (Phi) is 3.77. The Morgan fingerprint density at radius 2 is 2.05 bits per heavy atom. The van der Waals surface area contributed by atoms with Crippen LogP contribution in [-0.2, 0) is 12.8 Å². The molecule has 2 heterocycles. The van der Waals surface area contributed by atoms with E-state index >= 15 is 0 Å². The van der Waals surface area contributed by atoms with Crippen molar-refractivity contribution in [2.45, 2.75) is 32.6 Å². The number of nitrogens with zero attached hydrogens (tertiary/aromatic N) is 3. The number of H-pyrrole nitrogens is 1. The fourth-order valence-corrected chi connectivity index (χ4v) is 2.51. The highest BCUT2D eigenvalue weighted by Crippen LogP contribution is 2.21. The zero-order valence-corrected chi connectivity index (χ0v) is 11.9. The van der Waals surface area contributed by atoms with Crippen molar-refractivity contribution in [1.29, 1.82) is 0 Å².